The van der Waals surface area contributed by atoms with Crippen LogP contribution >= 0.6 is 7.82 Å². The molecule has 0 amide bonds. The standard InChI is InChI=1S/C14H31O4P.C5H14N2O4/c1-2-3-4-5-6-7-8-9-10-11-12-13-14-18-19(15,16)17;6-1-2-7-4(8)3-5(9,10)11/h2-14H2,1H3,(H2,15,16,17);4,7-11H,1-3,6H2. The molecule has 0 aliphatic heterocycles. The van der Waals surface area contributed by atoms with E-state index in [0.29, 0.717) is 13.1 Å². The molecule has 11 heteroatoms. The van der Waals surface area contributed by atoms with Crippen molar-refractivity contribution < 1.29 is 39.3 Å². The van der Waals surface area contributed by atoms with Crippen molar-refractivity contribution in [1.29, 1.82) is 0 Å². The Morgan fingerprint density at radius 2 is 1.33 bits per heavy atom. The molecular weight excluding hydrogens is 415 g/mol. The summed E-state index contributed by atoms with van der Waals surface area (Å²) in [4.78, 5) is 17.0. The van der Waals surface area contributed by atoms with Gasteiger partial charge in [-0.15, -0.1) is 0 Å². The second kappa shape index (κ2) is 20.8. The van der Waals surface area contributed by atoms with Gasteiger partial charge in [0.1, 0.15) is 6.23 Å². The first-order chi connectivity index (χ1) is 14.0. The highest BCUT2D eigenvalue weighted by Crippen LogP contribution is 2.35. The molecule has 9 N–H and O–H groups in total. The van der Waals surface area contributed by atoms with Gasteiger partial charge < -0.3 is 35.9 Å². The summed E-state index contributed by atoms with van der Waals surface area (Å²) in [6.07, 6.45) is 13.1. The van der Waals surface area contributed by atoms with E-state index in [1.54, 1.807) is 0 Å². The Hall–Kier alpha value is -0.130. The number of hydrogen-bond donors (Lipinski definition) is 8. The maximum absolute atomic E-state index is 10.4. The van der Waals surface area contributed by atoms with Crippen LogP contribution in [0.1, 0.15) is 90.4 Å². The highest BCUT2D eigenvalue weighted by molar-refractivity contribution is 7.46. The zero-order valence-corrected chi connectivity index (χ0v) is 19.3. The molecule has 0 aromatic rings. The lowest BCUT2D eigenvalue weighted by Crippen LogP contribution is -2.41. The van der Waals surface area contributed by atoms with Crippen molar-refractivity contribution in [2.45, 2.75) is 103 Å². The topological polar surface area (TPSA) is 186 Å². The van der Waals surface area contributed by atoms with Gasteiger partial charge >= 0.3 is 7.82 Å². The number of rotatable bonds is 19. The van der Waals surface area contributed by atoms with Gasteiger partial charge in [-0.05, 0) is 6.42 Å². The summed E-state index contributed by atoms with van der Waals surface area (Å²) in [5, 5.41) is 36.4. The van der Waals surface area contributed by atoms with E-state index in [2.05, 4.69) is 16.8 Å². The smallest absolute Gasteiger partial charge is 0.378 e. The summed E-state index contributed by atoms with van der Waals surface area (Å²) < 4.78 is 14.8. The normalized spacial score (nSPS) is 13.1. The third-order valence-corrected chi connectivity index (χ3v) is 4.77. The van der Waals surface area contributed by atoms with Gasteiger partial charge in [0, 0.05) is 13.1 Å². The zero-order chi connectivity index (χ0) is 23.3. The average molecular weight is 461 g/mol. The molecule has 0 saturated heterocycles. The lowest BCUT2D eigenvalue weighted by atomic mass is 10.1. The average Bonchev–Trinajstić information content (AvgIpc) is 2.62. The molecule has 0 spiro atoms. The van der Waals surface area contributed by atoms with Gasteiger partial charge in [0.25, 0.3) is 5.97 Å². The van der Waals surface area contributed by atoms with E-state index in [1.807, 2.05) is 0 Å². The van der Waals surface area contributed by atoms with Crippen molar-refractivity contribution in [2.24, 2.45) is 5.73 Å². The SMILES string of the molecule is CCCCCCCCCCCCCCOP(=O)(O)O.NCCNC(O)CC(O)(O)O. The van der Waals surface area contributed by atoms with Crippen LogP contribution in [0.25, 0.3) is 0 Å². The number of nitrogens with two attached hydrogens (primary N) is 1. The molecule has 10 nitrogen and oxygen atoms in total. The van der Waals surface area contributed by atoms with Gasteiger partial charge in [0.2, 0.25) is 0 Å². The van der Waals surface area contributed by atoms with Gasteiger partial charge in [-0.2, -0.15) is 0 Å². The minimum atomic E-state index is -4.25. The number of aliphatic hydroxyl groups is 4. The minimum Gasteiger partial charge on any atom is -0.378 e. The van der Waals surface area contributed by atoms with Crippen molar-refractivity contribution in [3.05, 3.63) is 0 Å². The van der Waals surface area contributed by atoms with Crippen LogP contribution in [0.15, 0.2) is 0 Å². The van der Waals surface area contributed by atoms with E-state index < -0.39 is 26.4 Å². The Morgan fingerprint density at radius 1 is 0.900 bits per heavy atom. The predicted molar refractivity (Wildman–Crippen MR) is 116 cm³/mol. The second-order valence-electron chi connectivity index (χ2n) is 7.45. The first kappa shape index (κ1) is 32.1. The molecule has 0 bridgehead atoms. The molecule has 1 atom stereocenters. The molecule has 0 radical (unpaired) electrons. The fraction of sp³-hybridized carbons (Fsp3) is 1.00. The Kier molecular flexibility index (Phi) is 22.2. The predicted octanol–water partition coefficient (Wildman–Crippen LogP) is 1.67. The molecule has 1 unspecified atom stereocenters. The molecule has 0 aliphatic rings. The molecule has 0 aromatic carbocycles. The van der Waals surface area contributed by atoms with E-state index in [4.69, 9.17) is 35.9 Å². The lowest BCUT2D eigenvalue weighted by molar-refractivity contribution is -0.323. The van der Waals surface area contributed by atoms with Gasteiger partial charge in [0.05, 0.1) is 13.0 Å². The monoisotopic (exact) mass is 460 g/mol. The van der Waals surface area contributed by atoms with Crippen LogP contribution < -0.4 is 11.1 Å². The van der Waals surface area contributed by atoms with Crippen molar-refractivity contribution in [1.82, 2.24) is 5.32 Å². The van der Waals surface area contributed by atoms with Crippen LogP contribution in [0.5, 0.6) is 0 Å². The Morgan fingerprint density at radius 3 is 1.70 bits per heavy atom. The molecule has 0 saturated carbocycles. The van der Waals surface area contributed by atoms with Crippen LogP contribution in [0.3, 0.4) is 0 Å². The summed E-state index contributed by atoms with van der Waals surface area (Å²) in [6, 6.07) is 0. The van der Waals surface area contributed by atoms with E-state index in [-0.39, 0.29) is 6.61 Å². The molecule has 0 heterocycles. The number of aliphatic hydroxyl groups excluding tert-OH is 1. The summed E-state index contributed by atoms with van der Waals surface area (Å²) in [5.41, 5.74) is 5.08. The number of nitrogens with one attached hydrogen (secondary N) is 1. The van der Waals surface area contributed by atoms with Crippen LogP contribution in [0.2, 0.25) is 0 Å². The fourth-order valence-electron chi connectivity index (χ4n) is 2.71. The van der Waals surface area contributed by atoms with E-state index in [1.165, 1.54) is 57.8 Å². The van der Waals surface area contributed by atoms with Crippen LogP contribution in [-0.2, 0) is 9.09 Å². The van der Waals surface area contributed by atoms with E-state index >= 15 is 0 Å². The number of phosphoric ester groups is 1. The van der Waals surface area contributed by atoms with Crippen molar-refractivity contribution in [3.8, 4) is 0 Å². The molecule has 30 heavy (non-hydrogen) atoms. The summed E-state index contributed by atoms with van der Waals surface area (Å²) >= 11 is 0. The Balaban J connectivity index is 0. The molecule has 0 aliphatic carbocycles. The van der Waals surface area contributed by atoms with E-state index in [0.717, 1.165) is 19.3 Å². The lowest BCUT2D eigenvalue weighted by Gasteiger charge is -2.18. The first-order valence-electron chi connectivity index (χ1n) is 11.0. The maximum atomic E-state index is 10.4. The minimum absolute atomic E-state index is 0.168. The first-order valence-corrected chi connectivity index (χ1v) is 12.5. The maximum Gasteiger partial charge on any atom is 0.469 e. The summed E-state index contributed by atoms with van der Waals surface area (Å²) in [5.74, 6) is -2.83. The van der Waals surface area contributed by atoms with Crippen molar-refractivity contribution in [3.63, 3.8) is 0 Å². The van der Waals surface area contributed by atoms with Crippen molar-refractivity contribution >= 4 is 7.82 Å². The molecule has 0 aromatic heterocycles. The summed E-state index contributed by atoms with van der Waals surface area (Å²) in [7, 11) is -4.25. The van der Waals surface area contributed by atoms with Crippen LogP contribution in [-0.4, -0.2) is 62.1 Å². The molecule has 0 rings (SSSR count). The summed E-state index contributed by atoms with van der Waals surface area (Å²) in [6.45, 7) is 3.08. The van der Waals surface area contributed by atoms with Gasteiger partial charge in [0.15, 0.2) is 0 Å². The molecular formula is C19H45N2O8P. The number of hydrogen-bond acceptors (Lipinski definition) is 8. The Labute approximate surface area is 181 Å². The van der Waals surface area contributed by atoms with E-state index in [9.17, 15) is 4.57 Å². The van der Waals surface area contributed by atoms with Crippen molar-refractivity contribution in [2.75, 3.05) is 19.7 Å². The third-order valence-electron chi connectivity index (χ3n) is 4.25. The quantitative estimate of drug-likeness (QED) is 0.0800. The van der Waals surface area contributed by atoms with Gasteiger partial charge in [-0.3, -0.25) is 9.84 Å². The second-order valence-corrected chi connectivity index (χ2v) is 8.69. The number of unbranched alkanes of at least 4 members (excludes halogenated alkanes) is 11. The Bertz CT molecular complexity index is 404. The van der Waals surface area contributed by atoms with Gasteiger partial charge in [-0.1, -0.05) is 77.6 Å². The van der Waals surface area contributed by atoms with Crippen LogP contribution in [0.4, 0.5) is 0 Å². The van der Waals surface area contributed by atoms with Crippen LogP contribution in [0, 0.1) is 0 Å². The highest BCUT2D eigenvalue weighted by Gasteiger charge is 2.22. The number of phosphoric acid groups is 1. The van der Waals surface area contributed by atoms with Gasteiger partial charge in [-0.25, -0.2) is 4.57 Å². The fourth-order valence-corrected chi connectivity index (χ4v) is 3.07. The molecule has 184 valence electrons. The highest BCUT2D eigenvalue weighted by atomic mass is 31.2. The third kappa shape index (κ3) is 32.5. The largest absolute Gasteiger partial charge is 0.469 e. The zero-order valence-electron chi connectivity index (χ0n) is 18.4. The molecule has 0 fully saturated rings.